The first-order valence-electron chi connectivity index (χ1n) is 5.94. The average Bonchev–Trinajstić information content (AvgIpc) is 2.38. The largest absolute Gasteiger partial charge is 0.496 e. The third kappa shape index (κ3) is 2.36. The first-order chi connectivity index (χ1) is 8.63. The van der Waals surface area contributed by atoms with Crippen molar-refractivity contribution in [1.29, 1.82) is 0 Å². The van der Waals surface area contributed by atoms with Crippen molar-refractivity contribution in [3.05, 3.63) is 58.9 Å². The Kier molecular flexibility index (Phi) is 3.63. The highest BCUT2D eigenvalue weighted by atomic mass is 16.5. The Morgan fingerprint density at radius 3 is 2.67 bits per heavy atom. The van der Waals surface area contributed by atoms with Gasteiger partial charge in [0.1, 0.15) is 5.75 Å². The molecule has 0 aliphatic rings. The predicted octanol–water partition coefficient (Wildman–Crippen LogP) is 2.76. The fourth-order valence-electron chi connectivity index (χ4n) is 2.23. The molecule has 1 atom stereocenters. The summed E-state index contributed by atoms with van der Waals surface area (Å²) >= 11 is 0. The minimum Gasteiger partial charge on any atom is -0.496 e. The molecule has 0 spiro atoms. The molecular formula is C15H18N2O. The molecule has 0 fully saturated rings. The number of rotatable bonds is 3. The Hall–Kier alpha value is -1.87. The van der Waals surface area contributed by atoms with Crippen molar-refractivity contribution in [2.45, 2.75) is 19.9 Å². The van der Waals surface area contributed by atoms with Crippen molar-refractivity contribution in [2.75, 3.05) is 7.11 Å². The minimum atomic E-state index is -0.214. The summed E-state index contributed by atoms with van der Waals surface area (Å²) in [4.78, 5) is 4.11. The highest BCUT2D eigenvalue weighted by Crippen LogP contribution is 2.32. The van der Waals surface area contributed by atoms with Crippen LogP contribution in [0.4, 0.5) is 0 Å². The Balaban J connectivity index is 2.51. The van der Waals surface area contributed by atoms with Crippen molar-refractivity contribution in [3.63, 3.8) is 0 Å². The van der Waals surface area contributed by atoms with E-state index in [4.69, 9.17) is 10.5 Å². The molecule has 2 aromatic rings. The molecule has 94 valence electrons. The lowest BCUT2D eigenvalue weighted by Gasteiger charge is -2.19. The zero-order valence-electron chi connectivity index (χ0n) is 11.0. The fraction of sp³-hybridized carbons (Fsp3) is 0.267. The number of aryl methyl sites for hydroxylation is 2. The van der Waals surface area contributed by atoms with E-state index in [1.165, 1.54) is 5.56 Å². The van der Waals surface area contributed by atoms with Crippen LogP contribution in [-0.4, -0.2) is 12.1 Å². The van der Waals surface area contributed by atoms with Crippen LogP contribution in [0.15, 0.2) is 36.7 Å². The monoisotopic (exact) mass is 242 g/mol. The highest BCUT2D eigenvalue weighted by Gasteiger charge is 2.17. The Bertz CT molecular complexity index is 538. The molecule has 0 saturated heterocycles. The molecule has 1 aromatic heterocycles. The van der Waals surface area contributed by atoms with Gasteiger partial charge >= 0.3 is 0 Å². The first kappa shape index (κ1) is 12.6. The van der Waals surface area contributed by atoms with E-state index in [-0.39, 0.29) is 6.04 Å². The molecule has 3 nitrogen and oxygen atoms in total. The Morgan fingerprint density at radius 1 is 1.28 bits per heavy atom. The van der Waals surface area contributed by atoms with Crippen LogP contribution in [0.1, 0.15) is 28.3 Å². The van der Waals surface area contributed by atoms with Crippen molar-refractivity contribution in [2.24, 2.45) is 5.73 Å². The number of ether oxygens (including phenoxy) is 1. The van der Waals surface area contributed by atoms with E-state index in [0.717, 1.165) is 22.4 Å². The van der Waals surface area contributed by atoms with Crippen molar-refractivity contribution in [1.82, 2.24) is 4.98 Å². The molecule has 0 saturated carbocycles. The third-order valence-corrected chi connectivity index (χ3v) is 3.07. The van der Waals surface area contributed by atoms with E-state index < -0.39 is 0 Å². The number of pyridine rings is 1. The molecule has 0 bridgehead atoms. The molecule has 0 amide bonds. The first-order valence-corrected chi connectivity index (χ1v) is 5.94. The van der Waals surface area contributed by atoms with Gasteiger partial charge in [-0.3, -0.25) is 4.98 Å². The van der Waals surface area contributed by atoms with Crippen LogP contribution >= 0.6 is 0 Å². The van der Waals surface area contributed by atoms with Gasteiger partial charge in [0.2, 0.25) is 0 Å². The van der Waals surface area contributed by atoms with Gasteiger partial charge < -0.3 is 10.5 Å². The molecule has 0 aliphatic carbocycles. The number of nitrogens with two attached hydrogens (primary N) is 1. The summed E-state index contributed by atoms with van der Waals surface area (Å²) in [6, 6.07) is 7.79. The summed E-state index contributed by atoms with van der Waals surface area (Å²) in [5, 5.41) is 0. The molecule has 1 aromatic carbocycles. The number of aromatic nitrogens is 1. The maximum atomic E-state index is 6.32. The smallest absolute Gasteiger partial charge is 0.124 e. The van der Waals surface area contributed by atoms with Gasteiger partial charge in [0, 0.05) is 18.0 Å². The van der Waals surface area contributed by atoms with Gasteiger partial charge in [0.15, 0.2) is 0 Å². The molecule has 1 heterocycles. The zero-order valence-corrected chi connectivity index (χ0v) is 11.0. The van der Waals surface area contributed by atoms with Gasteiger partial charge in [-0.1, -0.05) is 12.1 Å². The SMILES string of the molecule is COc1cc(C)cc(C)c1C(N)c1cccnc1. The third-order valence-electron chi connectivity index (χ3n) is 3.07. The maximum absolute atomic E-state index is 6.32. The topological polar surface area (TPSA) is 48.1 Å². The van der Waals surface area contributed by atoms with E-state index in [1.54, 1.807) is 19.5 Å². The minimum absolute atomic E-state index is 0.214. The molecule has 0 aliphatic heterocycles. The van der Waals surface area contributed by atoms with Gasteiger partial charge in [0.05, 0.1) is 13.2 Å². The van der Waals surface area contributed by atoms with E-state index in [0.29, 0.717) is 0 Å². The number of methoxy groups -OCH3 is 1. The predicted molar refractivity (Wildman–Crippen MR) is 72.7 cm³/mol. The van der Waals surface area contributed by atoms with Crippen LogP contribution in [0, 0.1) is 13.8 Å². The second-order valence-electron chi connectivity index (χ2n) is 4.46. The van der Waals surface area contributed by atoms with Crippen LogP contribution in [0.5, 0.6) is 5.75 Å². The van der Waals surface area contributed by atoms with Gasteiger partial charge in [0.25, 0.3) is 0 Å². The van der Waals surface area contributed by atoms with Gasteiger partial charge in [-0.15, -0.1) is 0 Å². The quantitative estimate of drug-likeness (QED) is 0.900. The lowest BCUT2D eigenvalue weighted by Crippen LogP contribution is -2.15. The summed E-state index contributed by atoms with van der Waals surface area (Å²) in [6.45, 7) is 4.11. The van der Waals surface area contributed by atoms with Gasteiger partial charge in [-0.05, 0) is 42.7 Å². The normalized spacial score (nSPS) is 12.2. The van der Waals surface area contributed by atoms with E-state index in [2.05, 4.69) is 24.9 Å². The second kappa shape index (κ2) is 5.19. The van der Waals surface area contributed by atoms with Crippen LogP contribution in [0.25, 0.3) is 0 Å². The standard InChI is InChI=1S/C15H18N2O/c1-10-7-11(2)14(13(8-10)18-3)15(16)12-5-4-6-17-9-12/h4-9,15H,16H2,1-3H3. The fourth-order valence-corrected chi connectivity index (χ4v) is 2.23. The van der Waals surface area contributed by atoms with Crippen LogP contribution in [-0.2, 0) is 0 Å². The van der Waals surface area contributed by atoms with E-state index in [1.807, 2.05) is 18.2 Å². The number of hydrogen-bond donors (Lipinski definition) is 1. The summed E-state index contributed by atoms with van der Waals surface area (Å²) in [7, 11) is 1.67. The summed E-state index contributed by atoms with van der Waals surface area (Å²) in [5.74, 6) is 0.837. The van der Waals surface area contributed by atoms with Crippen molar-refractivity contribution in [3.8, 4) is 5.75 Å². The highest BCUT2D eigenvalue weighted by molar-refractivity contribution is 5.48. The maximum Gasteiger partial charge on any atom is 0.124 e. The summed E-state index contributed by atoms with van der Waals surface area (Å²) in [6.07, 6.45) is 3.54. The lowest BCUT2D eigenvalue weighted by molar-refractivity contribution is 0.407. The zero-order chi connectivity index (χ0) is 13.1. The molecule has 18 heavy (non-hydrogen) atoms. The van der Waals surface area contributed by atoms with Gasteiger partial charge in [-0.2, -0.15) is 0 Å². The lowest BCUT2D eigenvalue weighted by atomic mass is 9.94. The second-order valence-corrected chi connectivity index (χ2v) is 4.46. The average molecular weight is 242 g/mol. The number of hydrogen-bond acceptors (Lipinski definition) is 3. The number of benzene rings is 1. The summed E-state index contributed by atoms with van der Waals surface area (Å²) in [5.41, 5.74) is 10.7. The van der Waals surface area contributed by atoms with Gasteiger partial charge in [-0.25, -0.2) is 0 Å². The Morgan fingerprint density at radius 2 is 2.06 bits per heavy atom. The van der Waals surface area contributed by atoms with Crippen LogP contribution in [0.3, 0.4) is 0 Å². The van der Waals surface area contributed by atoms with Crippen molar-refractivity contribution < 1.29 is 4.74 Å². The van der Waals surface area contributed by atoms with Crippen LogP contribution in [0.2, 0.25) is 0 Å². The number of nitrogens with zero attached hydrogens (tertiary/aromatic N) is 1. The van der Waals surface area contributed by atoms with Crippen molar-refractivity contribution >= 4 is 0 Å². The molecular weight excluding hydrogens is 224 g/mol. The van der Waals surface area contributed by atoms with E-state index >= 15 is 0 Å². The van der Waals surface area contributed by atoms with E-state index in [9.17, 15) is 0 Å². The molecule has 0 radical (unpaired) electrons. The molecule has 3 heteroatoms. The Labute approximate surface area is 108 Å². The molecule has 2 N–H and O–H groups in total. The molecule has 1 unspecified atom stereocenters. The van der Waals surface area contributed by atoms with Crippen LogP contribution < -0.4 is 10.5 Å². The summed E-state index contributed by atoms with van der Waals surface area (Å²) < 4.78 is 5.45. The molecule has 2 rings (SSSR count).